The highest BCUT2D eigenvalue weighted by Gasteiger charge is 2.09. The van der Waals surface area contributed by atoms with Gasteiger partial charge in [0.1, 0.15) is 0 Å². The van der Waals surface area contributed by atoms with Crippen LogP contribution in [0.4, 0.5) is 5.82 Å². The predicted molar refractivity (Wildman–Crippen MR) is 57.6 cm³/mol. The molecule has 0 saturated heterocycles. The van der Waals surface area contributed by atoms with E-state index in [0.29, 0.717) is 5.82 Å². The number of aromatic nitrogens is 2. The second-order valence-corrected chi connectivity index (χ2v) is 3.93. The van der Waals surface area contributed by atoms with Crippen molar-refractivity contribution >= 4 is 32.7 Å². The molecule has 1 aromatic carbocycles. The summed E-state index contributed by atoms with van der Waals surface area (Å²) >= 11 is 3.47. The summed E-state index contributed by atoms with van der Waals surface area (Å²) in [6, 6.07) is 4.02. The van der Waals surface area contributed by atoms with E-state index in [1.165, 1.54) is 0 Å². The molecule has 13 heavy (non-hydrogen) atoms. The van der Waals surface area contributed by atoms with Crippen LogP contribution in [0.1, 0.15) is 5.56 Å². The molecule has 0 bridgehead atoms. The zero-order chi connectivity index (χ0) is 9.59. The fraction of sp³-hybridized carbons (Fsp3) is 0.222. The van der Waals surface area contributed by atoms with Gasteiger partial charge in [-0.1, -0.05) is 15.9 Å². The summed E-state index contributed by atoms with van der Waals surface area (Å²) in [7, 11) is 1.89. The van der Waals surface area contributed by atoms with E-state index in [9.17, 15) is 0 Å². The lowest BCUT2D eigenvalue weighted by molar-refractivity contribution is 0.802. The van der Waals surface area contributed by atoms with Crippen LogP contribution in [0, 0.1) is 6.92 Å². The van der Waals surface area contributed by atoms with Crippen LogP contribution in [0.25, 0.3) is 10.9 Å². The monoisotopic (exact) mass is 239 g/mol. The highest BCUT2D eigenvalue weighted by molar-refractivity contribution is 9.10. The lowest BCUT2D eigenvalue weighted by atomic mass is 10.1. The lowest BCUT2D eigenvalue weighted by Crippen LogP contribution is -1.90. The molecule has 0 saturated carbocycles. The van der Waals surface area contributed by atoms with Gasteiger partial charge in [0, 0.05) is 16.9 Å². The Morgan fingerprint density at radius 2 is 2.15 bits per heavy atom. The second kappa shape index (κ2) is 2.73. The molecular formula is C9H10BrN3. The third-order valence-electron chi connectivity index (χ3n) is 2.24. The van der Waals surface area contributed by atoms with Gasteiger partial charge in [0.25, 0.3) is 0 Å². The van der Waals surface area contributed by atoms with E-state index in [2.05, 4.69) is 21.0 Å². The Hall–Kier alpha value is -1.03. The van der Waals surface area contributed by atoms with Crippen LogP contribution < -0.4 is 5.73 Å². The summed E-state index contributed by atoms with van der Waals surface area (Å²) in [6.45, 7) is 2.03. The number of nitrogens with two attached hydrogens (primary N) is 1. The number of halogens is 1. The van der Waals surface area contributed by atoms with Crippen molar-refractivity contribution in [2.75, 3.05) is 5.73 Å². The molecule has 2 rings (SSSR count). The molecule has 1 heterocycles. The smallest absolute Gasteiger partial charge is 0.153 e. The number of nitrogen functional groups attached to an aromatic ring is 1. The molecule has 0 amide bonds. The fourth-order valence-corrected chi connectivity index (χ4v) is 1.86. The average molecular weight is 240 g/mol. The first-order valence-electron chi connectivity index (χ1n) is 3.98. The van der Waals surface area contributed by atoms with Gasteiger partial charge in [-0.05, 0) is 24.6 Å². The van der Waals surface area contributed by atoms with Crippen LogP contribution in [-0.2, 0) is 7.05 Å². The number of benzene rings is 1. The van der Waals surface area contributed by atoms with Crippen molar-refractivity contribution in [1.29, 1.82) is 0 Å². The normalized spacial score (nSPS) is 11.0. The Kier molecular flexibility index (Phi) is 1.80. The van der Waals surface area contributed by atoms with E-state index in [4.69, 9.17) is 5.73 Å². The number of rotatable bonds is 0. The minimum Gasteiger partial charge on any atom is -0.382 e. The number of nitrogens with zero attached hydrogens (tertiary/aromatic N) is 2. The number of anilines is 1. The van der Waals surface area contributed by atoms with Gasteiger partial charge in [-0.3, -0.25) is 4.68 Å². The Bertz CT molecular complexity index is 473. The van der Waals surface area contributed by atoms with Crippen molar-refractivity contribution in [3.05, 3.63) is 22.2 Å². The Labute approximate surface area is 84.7 Å². The minimum atomic E-state index is 0.594. The van der Waals surface area contributed by atoms with E-state index >= 15 is 0 Å². The summed E-state index contributed by atoms with van der Waals surface area (Å²) in [5, 5.41) is 5.20. The highest BCUT2D eigenvalue weighted by Crippen LogP contribution is 2.28. The fourth-order valence-electron chi connectivity index (χ4n) is 1.53. The van der Waals surface area contributed by atoms with Crippen LogP contribution in [0.5, 0.6) is 0 Å². The van der Waals surface area contributed by atoms with Crippen LogP contribution >= 0.6 is 15.9 Å². The molecule has 4 heteroatoms. The van der Waals surface area contributed by atoms with E-state index in [1.807, 2.05) is 26.1 Å². The van der Waals surface area contributed by atoms with Crippen LogP contribution in [0.2, 0.25) is 0 Å². The Morgan fingerprint density at radius 1 is 1.46 bits per heavy atom. The molecule has 1 aromatic heterocycles. The molecule has 3 nitrogen and oxygen atoms in total. The van der Waals surface area contributed by atoms with Crippen LogP contribution in [0.15, 0.2) is 16.6 Å². The molecule has 68 valence electrons. The molecule has 0 atom stereocenters. The molecule has 0 aliphatic heterocycles. The molecule has 2 aromatic rings. The largest absolute Gasteiger partial charge is 0.382 e. The van der Waals surface area contributed by atoms with Gasteiger partial charge < -0.3 is 5.73 Å². The average Bonchev–Trinajstić information content (AvgIpc) is 2.35. The van der Waals surface area contributed by atoms with Gasteiger partial charge in [0.05, 0.1) is 5.52 Å². The van der Waals surface area contributed by atoms with Gasteiger partial charge in [0.2, 0.25) is 0 Å². The Morgan fingerprint density at radius 3 is 2.85 bits per heavy atom. The Balaban J connectivity index is 2.98. The highest BCUT2D eigenvalue weighted by atomic mass is 79.9. The standard InChI is InChI=1S/C9H10BrN3/c1-5-6(10)3-4-7-8(5)9(11)12-13(7)2/h3-4H,1-2H3,(H2,11,12). The lowest BCUT2D eigenvalue weighted by Gasteiger charge is -2.00. The molecule has 0 spiro atoms. The summed E-state index contributed by atoms with van der Waals surface area (Å²) in [5.74, 6) is 0.594. The molecule has 0 aliphatic rings. The summed E-state index contributed by atoms with van der Waals surface area (Å²) in [4.78, 5) is 0. The van der Waals surface area contributed by atoms with Gasteiger partial charge in [-0.25, -0.2) is 0 Å². The van der Waals surface area contributed by atoms with Crippen LogP contribution in [-0.4, -0.2) is 9.78 Å². The number of aryl methyl sites for hydroxylation is 2. The third-order valence-corrected chi connectivity index (χ3v) is 3.10. The van der Waals surface area contributed by atoms with Crippen molar-refractivity contribution in [2.24, 2.45) is 7.05 Å². The molecular weight excluding hydrogens is 230 g/mol. The maximum absolute atomic E-state index is 5.79. The van der Waals surface area contributed by atoms with E-state index in [1.54, 1.807) is 4.68 Å². The van der Waals surface area contributed by atoms with E-state index < -0.39 is 0 Å². The van der Waals surface area contributed by atoms with Crippen molar-refractivity contribution in [2.45, 2.75) is 6.92 Å². The number of hydrogen-bond donors (Lipinski definition) is 1. The first kappa shape index (κ1) is 8.56. The molecule has 0 radical (unpaired) electrons. The van der Waals surface area contributed by atoms with Gasteiger partial charge in [-0.2, -0.15) is 5.10 Å². The van der Waals surface area contributed by atoms with Crippen molar-refractivity contribution in [3.8, 4) is 0 Å². The van der Waals surface area contributed by atoms with Gasteiger partial charge in [0.15, 0.2) is 5.82 Å². The molecule has 0 aliphatic carbocycles. The first-order chi connectivity index (χ1) is 6.11. The van der Waals surface area contributed by atoms with Gasteiger partial charge in [-0.15, -0.1) is 0 Å². The quantitative estimate of drug-likeness (QED) is 0.767. The van der Waals surface area contributed by atoms with Crippen LogP contribution in [0.3, 0.4) is 0 Å². The van der Waals surface area contributed by atoms with Gasteiger partial charge >= 0.3 is 0 Å². The first-order valence-corrected chi connectivity index (χ1v) is 4.78. The predicted octanol–water partition coefficient (Wildman–Crippen LogP) is 2.23. The SMILES string of the molecule is Cc1c(Br)ccc2c1c(N)nn2C. The summed E-state index contributed by atoms with van der Waals surface area (Å²) < 4.78 is 2.86. The third kappa shape index (κ3) is 1.13. The topological polar surface area (TPSA) is 43.8 Å². The maximum Gasteiger partial charge on any atom is 0.153 e. The number of hydrogen-bond acceptors (Lipinski definition) is 2. The zero-order valence-corrected chi connectivity index (χ0v) is 9.09. The minimum absolute atomic E-state index is 0.594. The maximum atomic E-state index is 5.79. The number of fused-ring (bicyclic) bond motifs is 1. The van der Waals surface area contributed by atoms with Crippen molar-refractivity contribution in [1.82, 2.24) is 9.78 Å². The molecule has 0 unspecified atom stereocenters. The van der Waals surface area contributed by atoms with E-state index in [-0.39, 0.29) is 0 Å². The summed E-state index contributed by atoms with van der Waals surface area (Å²) in [5.41, 5.74) is 8.00. The second-order valence-electron chi connectivity index (χ2n) is 3.08. The molecule has 0 fully saturated rings. The molecule has 2 N–H and O–H groups in total. The zero-order valence-electron chi connectivity index (χ0n) is 7.50. The van der Waals surface area contributed by atoms with E-state index in [0.717, 1.165) is 20.9 Å². The summed E-state index contributed by atoms with van der Waals surface area (Å²) in [6.07, 6.45) is 0. The van der Waals surface area contributed by atoms with Crippen molar-refractivity contribution < 1.29 is 0 Å². The van der Waals surface area contributed by atoms with Crippen molar-refractivity contribution in [3.63, 3.8) is 0 Å².